The van der Waals surface area contributed by atoms with E-state index in [1.807, 2.05) is 24.3 Å². The molecule has 94 valence electrons. The molecular weight excluding hydrogens is 216 g/mol. The predicted octanol–water partition coefficient (Wildman–Crippen LogP) is 2.17. The minimum atomic E-state index is -0.424. The maximum Gasteiger partial charge on any atom is 0.119 e. The van der Waals surface area contributed by atoms with Gasteiger partial charge in [-0.2, -0.15) is 0 Å². The van der Waals surface area contributed by atoms with Crippen molar-refractivity contribution in [3.63, 3.8) is 0 Å². The van der Waals surface area contributed by atoms with Crippen LogP contribution in [0.2, 0.25) is 0 Å². The first kappa shape index (κ1) is 12.4. The topological polar surface area (TPSA) is 38.7 Å². The second kappa shape index (κ2) is 5.52. The molecule has 0 bridgehead atoms. The fraction of sp³-hybridized carbons (Fsp3) is 0.571. The Morgan fingerprint density at radius 1 is 1.47 bits per heavy atom. The molecule has 0 saturated carbocycles. The van der Waals surface area contributed by atoms with E-state index in [0.29, 0.717) is 6.42 Å². The summed E-state index contributed by atoms with van der Waals surface area (Å²) in [6.45, 7) is 2.05. The van der Waals surface area contributed by atoms with Crippen LogP contribution in [-0.2, 0) is 11.2 Å². The highest BCUT2D eigenvalue weighted by molar-refractivity contribution is 5.28. The lowest BCUT2D eigenvalue weighted by molar-refractivity contribution is -0.0278. The van der Waals surface area contributed by atoms with Crippen molar-refractivity contribution < 1.29 is 14.6 Å². The summed E-state index contributed by atoms with van der Waals surface area (Å²) in [5.74, 6) is 0.829. The molecule has 3 unspecified atom stereocenters. The van der Waals surface area contributed by atoms with E-state index in [-0.39, 0.29) is 12.2 Å². The minimum absolute atomic E-state index is 0.0174. The first-order chi connectivity index (χ1) is 8.19. The van der Waals surface area contributed by atoms with Gasteiger partial charge in [-0.15, -0.1) is 0 Å². The van der Waals surface area contributed by atoms with Gasteiger partial charge >= 0.3 is 0 Å². The molecule has 2 rings (SSSR count). The summed E-state index contributed by atoms with van der Waals surface area (Å²) >= 11 is 0. The third kappa shape index (κ3) is 3.20. The van der Waals surface area contributed by atoms with E-state index < -0.39 is 6.10 Å². The maximum atomic E-state index is 10.1. The fourth-order valence-electron chi connectivity index (χ4n) is 2.29. The summed E-state index contributed by atoms with van der Waals surface area (Å²) < 4.78 is 10.8. The Hall–Kier alpha value is -1.06. The second-order valence-corrected chi connectivity index (χ2v) is 4.69. The van der Waals surface area contributed by atoms with Crippen molar-refractivity contribution in [1.29, 1.82) is 0 Å². The summed E-state index contributed by atoms with van der Waals surface area (Å²) in [5.41, 5.74) is 1.08. The molecule has 3 atom stereocenters. The van der Waals surface area contributed by atoms with Crippen LogP contribution in [0.3, 0.4) is 0 Å². The lowest BCUT2D eigenvalue weighted by Crippen LogP contribution is -2.28. The Morgan fingerprint density at radius 3 is 2.94 bits per heavy atom. The van der Waals surface area contributed by atoms with Crippen LogP contribution in [-0.4, -0.2) is 30.5 Å². The quantitative estimate of drug-likeness (QED) is 0.870. The van der Waals surface area contributed by atoms with Crippen LogP contribution in [0, 0.1) is 0 Å². The van der Waals surface area contributed by atoms with Crippen LogP contribution in [0.25, 0.3) is 0 Å². The molecule has 3 nitrogen and oxygen atoms in total. The van der Waals surface area contributed by atoms with E-state index in [4.69, 9.17) is 9.47 Å². The van der Waals surface area contributed by atoms with Gasteiger partial charge in [-0.1, -0.05) is 12.1 Å². The van der Waals surface area contributed by atoms with E-state index in [2.05, 4.69) is 6.92 Å². The Morgan fingerprint density at radius 2 is 2.29 bits per heavy atom. The Balaban J connectivity index is 1.95. The zero-order chi connectivity index (χ0) is 12.3. The summed E-state index contributed by atoms with van der Waals surface area (Å²) in [4.78, 5) is 0. The van der Waals surface area contributed by atoms with E-state index >= 15 is 0 Å². The second-order valence-electron chi connectivity index (χ2n) is 4.69. The van der Waals surface area contributed by atoms with Gasteiger partial charge in [0.15, 0.2) is 0 Å². The van der Waals surface area contributed by atoms with Crippen LogP contribution in [0.1, 0.15) is 25.3 Å². The van der Waals surface area contributed by atoms with Crippen molar-refractivity contribution in [2.24, 2.45) is 0 Å². The molecule has 1 aromatic rings. The monoisotopic (exact) mass is 236 g/mol. The average molecular weight is 236 g/mol. The molecule has 0 amide bonds. The number of aliphatic hydroxyl groups excluding tert-OH is 1. The molecular formula is C14H20O3. The van der Waals surface area contributed by atoms with Crippen molar-refractivity contribution in [2.75, 3.05) is 7.11 Å². The number of ether oxygens (including phenoxy) is 2. The van der Waals surface area contributed by atoms with Crippen molar-refractivity contribution in [3.8, 4) is 5.75 Å². The van der Waals surface area contributed by atoms with Crippen molar-refractivity contribution in [1.82, 2.24) is 0 Å². The van der Waals surface area contributed by atoms with E-state index in [9.17, 15) is 5.11 Å². The van der Waals surface area contributed by atoms with Gasteiger partial charge in [-0.05, 0) is 37.5 Å². The van der Waals surface area contributed by atoms with Crippen molar-refractivity contribution >= 4 is 0 Å². The van der Waals surface area contributed by atoms with Gasteiger partial charge in [-0.3, -0.25) is 0 Å². The molecule has 1 aromatic carbocycles. The van der Waals surface area contributed by atoms with Gasteiger partial charge < -0.3 is 14.6 Å². The number of aliphatic hydroxyl groups is 1. The van der Waals surface area contributed by atoms with Crippen molar-refractivity contribution in [2.45, 2.75) is 44.5 Å². The number of benzene rings is 1. The van der Waals surface area contributed by atoms with E-state index in [1.54, 1.807) is 7.11 Å². The van der Waals surface area contributed by atoms with Gasteiger partial charge in [0.1, 0.15) is 5.75 Å². The average Bonchev–Trinajstić information content (AvgIpc) is 2.76. The zero-order valence-electron chi connectivity index (χ0n) is 10.4. The predicted molar refractivity (Wildman–Crippen MR) is 66.3 cm³/mol. The third-order valence-electron chi connectivity index (χ3n) is 3.27. The van der Waals surface area contributed by atoms with Crippen molar-refractivity contribution in [3.05, 3.63) is 29.8 Å². The van der Waals surface area contributed by atoms with Crippen LogP contribution in [0.5, 0.6) is 5.75 Å². The highest BCUT2D eigenvalue weighted by atomic mass is 16.5. The highest BCUT2D eigenvalue weighted by Gasteiger charge is 2.28. The number of methoxy groups -OCH3 is 1. The molecule has 0 aliphatic carbocycles. The smallest absolute Gasteiger partial charge is 0.119 e. The summed E-state index contributed by atoms with van der Waals surface area (Å²) in [6.07, 6.45) is 2.45. The number of hydrogen-bond acceptors (Lipinski definition) is 3. The Kier molecular flexibility index (Phi) is 4.02. The molecule has 1 aliphatic heterocycles. The van der Waals surface area contributed by atoms with Gasteiger partial charge in [0.25, 0.3) is 0 Å². The third-order valence-corrected chi connectivity index (χ3v) is 3.27. The van der Waals surface area contributed by atoms with Crippen LogP contribution in [0.4, 0.5) is 0 Å². The SMILES string of the molecule is COc1cccc(CC(O)C2CCC(C)O2)c1. The summed E-state index contributed by atoms with van der Waals surface area (Å²) in [5, 5.41) is 10.1. The summed E-state index contributed by atoms with van der Waals surface area (Å²) in [7, 11) is 1.65. The van der Waals surface area contributed by atoms with Crippen LogP contribution in [0.15, 0.2) is 24.3 Å². The highest BCUT2D eigenvalue weighted by Crippen LogP contribution is 2.24. The Labute approximate surface area is 102 Å². The maximum absolute atomic E-state index is 10.1. The zero-order valence-corrected chi connectivity index (χ0v) is 10.4. The van der Waals surface area contributed by atoms with Gasteiger partial charge in [0, 0.05) is 6.42 Å². The molecule has 0 spiro atoms. The molecule has 17 heavy (non-hydrogen) atoms. The van der Waals surface area contributed by atoms with Crippen LogP contribution < -0.4 is 4.74 Å². The normalized spacial score (nSPS) is 25.8. The lowest BCUT2D eigenvalue weighted by atomic mass is 10.0. The number of hydrogen-bond donors (Lipinski definition) is 1. The molecule has 0 aromatic heterocycles. The largest absolute Gasteiger partial charge is 0.497 e. The molecule has 0 radical (unpaired) electrons. The van der Waals surface area contributed by atoms with Crippen LogP contribution >= 0.6 is 0 Å². The molecule has 1 heterocycles. The molecule has 1 N–H and O–H groups in total. The Bertz CT molecular complexity index is 364. The number of rotatable bonds is 4. The first-order valence-corrected chi connectivity index (χ1v) is 6.15. The lowest BCUT2D eigenvalue weighted by Gasteiger charge is -2.18. The van der Waals surface area contributed by atoms with E-state index in [0.717, 1.165) is 24.2 Å². The molecule has 3 heteroatoms. The first-order valence-electron chi connectivity index (χ1n) is 6.15. The molecule has 1 fully saturated rings. The van der Waals surface area contributed by atoms with Gasteiger partial charge in [0.2, 0.25) is 0 Å². The van der Waals surface area contributed by atoms with Gasteiger partial charge in [-0.25, -0.2) is 0 Å². The molecule has 1 aliphatic rings. The molecule has 1 saturated heterocycles. The fourth-order valence-corrected chi connectivity index (χ4v) is 2.29. The minimum Gasteiger partial charge on any atom is -0.497 e. The standard InChI is InChI=1S/C14H20O3/c1-10-6-7-14(17-10)13(15)9-11-4-3-5-12(8-11)16-2/h3-5,8,10,13-15H,6-7,9H2,1-2H3. The van der Waals surface area contributed by atoms with Gasteiger partial charge in [0.05, 0.1) is 25.4 Å². The summed E-state index contributed by atoms with van der Waals surface area (Å²) in [6, 6.07) is 7.81. The van der Waals surface area contributed by atoms with E-state index in [1.165, 1.54) is 0 Å².